The normalized spacial score (nSPS) is 12.0. The van der Waals surface area contributed by atoms with Gasteiger partial charge in [0.05, 0.1) is 55.4 Å². The van der Waals surface area contributed by atoms with Gasteiger partial charge in [-0.25, -0.2) is 66.8 Å². The zero-order valence-electron chi connectivity index (χ0n) is 41.4. The number of rotatable bonds is 10. The number of hydrogen-bond donors (Lipinski definition) is 2. The number of nitrogens with zero attached hydrogens (tertiary/aromatic N) is 14. The van der Waals surface area contributed by atoms with Crippen LogP contribution in [0.2, 0.25) is 0 Å². The Labute approximate surface area is 461 Å². The number of thioether (sulfide) groups is 2. The van der Waals surface area contributed by atoms with Crippen molar-refractivity contribution in [3.63, 3.8) is 0 Å². The summed E-state index contributed by atoms with van der Waals surface area (Å²) in [7, 11) is 0. The van der Waals surface area contributed by atoms with E-state index in [1.807, 2.05) is 36.8 Å². The van der Waals surface area contributed by atoms with Gasteiger partial charge in [-0.2, -0.15) is 10.2 Å². The van der Waals surface area contributed by atoms with E-state index in [0.29, 0.717) is 67.1 Å². The maximum atomic E-state index is 14.3. The molecule has 0 saturated carbocycles. The Morgan fingerprint density at radius 3 is 1.27 bits per heavy atom. The van der Waals surface area contributed by atoms with Crippen molar-refractivity contribution in [2.75, 3.05) is 24.0 Å². The topological polar surface area (TPSA) is 234 Å². The van der Waals surface area contributed by atoms with Crippen molar-refractivity contribution in [2.45, 2.75) is 50.8 Å². The van der Waals surface area contributed by atoms with Gasteiger partial charge in [-0.05, 0) is 110 Å². The number of benzene rings is 2. The first-order valence-corrected chi connectivity index (χ1v) is 26.1. The van der Waals surface area contributed by atoms with Gasteiger partial charge in [0.2, 0.25) is 0 Å². The zero-order valence-corrected chi connectivity index (χ0v) is 43.0. The number of pyridine rings is 4. The lowest BCUT2D eigenvalue weighted by molar-refractivity contribution is 0.566. The Kier molecular flexibility index (Phi) is 15.6. The minimum atomic E-state index is -0.671. The van der Waals surface area contributed by atoms with E-state index in [9.17, 15) is 27.2 Å². The molecule has 2 atom stereocenters. The smallest absolute Gasteiger partial charge is 0.266 e. The monoisotopic (exact) mass is 1120 g/mol. The molecule has 24 heteroatoms. The van der Waals surface area contributed by atoms with E-state index < -0.39 is 46.5 Å². The maximum absolute atomic E-state index is 14.3. The number of aromatic nitrogens is 14. The number of fused-ring (bicyclic) bond motifs is 4. The van der Waals surface area contributed by atoms with Crippen LogP contribution >= 0.6 is 23.5 Å². The van der Waals surface area contributed by atoms with E-state index >= 15 is 0 Å². The average Bonchev–Trinajstić information content (AvgIpc) is 4.17. The van der Waals surface area contributed by atoms with E-state index in [0.717, 1.165) is 31.2 Å². The summed E-state index contributed by atoms with van der Waals surface area (Å²) in [6.07, 6.45) is 12.0. The van der Waals surface area contributed by atoms with Crippen molar-refractivity contribution >= 4 is 68.5 Å². The van der Waals surface area contributed by atoms with Gasteiger partial charge in [-0.15, -0.1) is 23.5 Å². The van der Waals surface area contributed by atoms with Crippen LogP contribution in [0.1, 0.15) is 52.2 Å². The molecule has 0 radical (unpaired) electrons. The molecule has 0 fully saturated rings. The summed E-state index contributed by atoms with van der Waals surface area (Å²) in [5.41, 5.74) is 16.6. The largest absolute Gasteiger partial charge is 0.383 e. The van der Waals surface area contributed by atoms with Crippen LogP contribution in [-0.4, -0.2) is 80.7 Å². The van der Waals surface area contributed by atoms with Crippen molar-refractivity contribution in [3.8, 4) is 44.8 Å². The molecule has 12 rings (SSSR count). The van der Waals surface area contributed by atoms with Gasteiger partial charge < -0.3 is 11.5 Å². The van der Waals surface area contributed by atoms with Gasteiger partial charge in [0.1, 0.15) is 70.2 Å². The molecular formula is C56H48F4N16O2S2. The summed E-state index contributed by atoms with van der Waals surface area (Å²) in [4.78, 5) is 62.9. The third-order valence-corrected chi connectivity index (χ3v) is 14.2. The molecule has 0 spiro atoms. The molecule has 80 heavy (non-hydrogen) atoms. The van der Waals surface area contributed by atoms with Gasteiger partial charge in [-0.1, -0.05) is 39.1 Å². The third-order valence-electron chi connectivity index (χ3n) is 12.9. The first-order chi connectivity index (χ1) is 37.7. The fraction of sp³-hybridized carbons (Fsp3) is 0.143. The molecule has 0 aliphatic rings. The molecule has 0 bridgehead atoms. The predicted octanol–water partition coefficient (Wildman–Crippen LogP) is 10.8. The van der Waals surface area contributed by atoms with E-state index in [4.69, 9.17) is 31.6 Å². The Morgan fingerprint density at radius 2 is 0.912 bits per heavy atom. The second kappa shape index (κ2) is 22.5. The molecule has 0 aliphatic heterocycles. The minimum Gasteiger partial charge on any atom is -0.383 e. The Balaban J connectivity index is 0.000000189. The SMILES string of the molecule is C.C.CSc1ccc(-c2nn([C@@H](C)c3nc4ccc(F)cn4c(=O)c3-c3cccc(F)c3)c3ncnc(N)c23)cn1.CSc1ccc(-c2nn([C@H](C)c3nc4ccc(F)cn4c(=O)c3-c3cccc(F)c3)c3ncnc(N)c23)cn1. The van der Waals surface area contributed by atoms with Gasteiger partial charge in [-0.3, -0.25) is 18.4 Å². The van der Waals surface area contributed by atoms with E-state index in [1.165, 1.54) is 96.8 Å². The highest BCUT2D eigenvalue weighted by Gasteiger charge is 2.29. The molecule has 2 aromatic carbocycles. The van der Waals surface area contributed by atoms with E-state index in [-0.39, 0.29) is 48.9 Å². The van der Waals surface area contributed by atoms with Crippen LogP contribution < -0.4 is 22.6 Å². The fourth-order valence-electron chi connectivity index (χ4n) is 9.14. The molecule has 0 aliphatic carbocycles. The van der Waals surface area contributed by atoms with E-state index in [1.54, 1.807) is 47.7 Å². The number of nitrogens with two attached hydrogens (primary N) is 2. The summed E-state index contributed by atoms with van der Waals surface area (Å²) in [5.74, 6) is -1.79. The van der Waals surface area contributed by atoms with Crippen LogP contribution in [0, 0.1) is 23.3 Å². The lowest BCUT2D eigenvalue weighted by atomic mass is 10.0. The molecule has 18 nitrogen and oxygen atoms in total. The molecule has 10 heterocycles. The Bertz CT molecular complexity index is 4160. The van der Waals surface area contributed by atoms with Crippen molar-refractivity contribution in [1.29, 1.82) is 0 Å². The predicted molar refractivity (Wildman–Crippen MR) is 304 cm³/mol. The number of anilines is 2. The third kappa shape index (κ3) is 10.0. The van der Waals surface area contributed by atoms with Gasteiger partial charge in [0.25, 0.3) is 11.1 Å². The molecule has 10 aromatic heterocycles. The van der Waals surface area contributed by atoms with Crippen molar-refractivity contribution in [3.05, 3.63) is 190 Å². The highest BCUT2D eigenvalue weighted by molar-refractivity contribution is 7.98. The summed E-state index contributed by atoms with van der Waals surface area (Å²) in [6.45, 7) is 3.60. The van der Waals surface area contributed by atoms with Crippen molar-refractivity contribution in [1.82, 2.24) is 68.2 Å². The molecule has 12 aromatic rings. The Morgan fingerprint density at radius 1 is 0.500 bits per heavy atom. The quantitative estimate of drug-likeness (QED) is 0.0957. The summed E-state index contributed by atoms with van der Waals surface area (Å²) in [6, 6.07) is 22.7. The van der Waals surface area contributed by atoms with Crippen molar-refractivity contribution < 1.29 is 17.6 Å². The molecule has 0 unspecified atom stereocenters. The molecule has 404 valence electrons. The average molecular weight is 1120 g/mol. The number of hydrogen-bond acceptors (Lipinski definition) is 16. The zero-order chi connectivity index (χ0) is 54.5. The van der Waals surface area contributed by atoms with E-state index in [2.05, 4.69) is 29.9 Å². The maximum Gasteiger partial charge on any atom is 0.266 e. The van der Waals surface area contributed by atoms with Crippen LogP contribution in [0.15, 0.2) is 154 Å². The molecule has 0 amide bonds. The molecule has 4 N–H and O–H groups in total. The second-order valence-electron chi connectivity index (χ2n) is 17.6. The standard InChI is InChI=1S/2C27H20F2N8OS.2CH4/c2*1-14(37-26-22(25(30)32-13-33-26)24(35-37)16-6-9-20(39-2)31-11-16)23-21(15-4-3-5-17(28)10-15)27(38)36-12-18(29)7-8-19(36)34-23;;/h2*3-14H,1-2H3,(H2,30,32,33);2*1H4/t2*14-;;/m10../s1. The van der Waals surface area contributed by atoms with Crippen molar-refractivity contribution in [2.24, 2.45) is 0 Å². The van der Waals surface area contributed by atoms with Gasteiger partial charge in [0.15, 0.2) is 11.3 Å². The highest BCUT2D eigenvalue weighted by Crippen LogP contribution is 2.37. The highest BCUT2D eigenvalue weighted by atomic mass is 32.2. The first kappa shape index (κ1) is 55.3. The summed E-state index contributed by atoms with van der Waals surface area (Å²) >= 11 is 3.03. The van der Waals surface area contributed by atoms with Crippen LogP contribution in [0.3, 0.4) is 0 Å². The van der Waals surface area contributed by atoms with Crippen LogP contribution in [0.4, 0.5) is 29.2 Å². The summed E-state index contributed by atoms with van der Waals surface area (Å²) in [5, 5.41) is 12.4. The van der Waals surface area contributed by atoms with Gasteiger partial charge >= 0.3 is 0 Å². The van der Waals surface area contributed by atoms with Crippen LogP contribution in [-0.2, 0) is 0 Å². The lowest BCUT2D eigenvalue weighted by Gasteiger charge is -2.18. The first-order valence-electron chi connectivity index (χ1n) is 23.6. The fourth-order valence-corrected chi connectivity index (χ4v) is 9.87. The minimum absolute atomic E-state index is 0. The number of nitrogen functional groups attached to an aromatic ring is 2. The van der Waals surface area contributed by atoms with Crippen LogP contribution in [0.5, 0.6) is 0 Å². The summed E-state index contributed by atoms with van der Waals surface area (Å²) < 4.78 is 62.1. The molecular weight excluding hydrogens is 1070 g/mol. The van der Waals surface area contributed by atoms with Crippen LogP contribution in [0.25, 0.3) is 78.1 Å². The molecule has 0 saturated heterocycles. The number of halogens is 4. The lowest BCUT2D eigenvalue weighted by Crippen LogP contribution is -2.23. The Hall–Kier alpha value is -9.42. The van der Waals surface area contributed by atoms with Gasteiger partial charge in [0, 0.05) is 35.9 Å². The second-order valence-corrected chi connectivity index (χ2v) is 19.2.